The third-order valence-electron chi connectivity index (χ3n) is 7.46. The third kappa shape index (κ3) is 8.03. The Morgan fingerprint density at radius 1 is 0.927 bits per heavy atom. The Morgan fingerprint density at radius 2 is 1.56 bits per heavy atom. The van der Waals surface area contributed by atoms with E-state index in [-0.39, 0.29) is 24.9 Å². The zero-order valence-electron chi connectivity index (χ0n) is 23.2. The molecule has 0 radical (unpaired) electrons. The summed E-state index contributed by atoms with van der Waals surface area (Å²) in [5.74, 6) is -0.803. The highest BCUT2D eigenvalue weighted by molar-refractivity contribution is 7.92. The first-order chi connectivity index (χ1) is 19.5. The molecule has 0 aromatic heterocycles. The minimum atomic E-state index is -3.89. The summed E-state index contributed by atoms with van der Waals surface area (Å²) >= 11 is 12.8. The van der Waals surface area contributed by atoms with Gasteiger partial charge in [0.05, 0.1) is 11.9 Å². The van der Waals surface area contributed by atoms with Gasteiger partial charge in [0.15, 0.2) is 0 Å². The molecular formula is C31H35Cl2N3O4S. The van der Waals surface area contributed by atoms with Crippen molar-refractivity contribution in [1.82, 2.24) is 10.2 Å². The van der Waals surface area contributed by atoms with Crippen LogP contribution in [0.15, 0.2) is 72.8 Å². The molecule has 3 aromatic carbocycles. The normalized spacial score (nSPS) is 14.4. The molecule has 3 aromatic rings. The molecule has 4 rings (SSSR count). The first kappa shape index (κ1) is 30.9. The van der Waals surface area contributed by atoms with Crippen LogP contribution in [0.3, 0.4) is 0 Å². The van der Waals surface area contributed by atoms with E-state index < -0.39 is 28.5 Å². The van der Waals surface area contributed by atoms with Gasteiger partial charge in [-0.15, -0.1) is 0 Å². The van der Waals surface area contributed by atoms with Crippen molar-refractivity contribution in [2.24, 2.45) is 0 Å². The molecule has 1 unspecified atom stereocenters. The fraction of sp³-hybridized carbons (Fsp3) is 0.355. The molecule has 1 aliphatic rings. The highest BCUT2D eigenvalue weighted by Gasteiger charge is 2.34. The largest absolute Gasteiger partial charge is 0.352 e. The maximum absolute atomic E-state index is 14.2. The predicted molar refractivity (Wildman–Crippen MR) is 165 cm³/mol. The lowest BCUT2D eigenvalue weighted by molar-refractivity contribution is -0.140. The monoisotopic (exact) mass is 615 g/mol. The minimum Gasteiger partial charge on any atom is -0.352 e. The van der Waals surface area contributed by atoms with E-state index >= 15 is 0 Å². The van der Waals surface area contributed by atoms with Gasteiger partial charge in [0.2, 0.25) is 21.8 Å². The number of rotatable bonds is 11. The Labute approximate surface area is 252 Å². The van der Waals surface area contributed by atoms with Crippen LogP contribution in [0.4, 0.5) is 5.69 Å². The highest BCUT2D eigenvalue weighted by Crippen LogP contribution is 2.29. The second-order valence-electron chi connectivity index (χ2n) is 10.5. The van der Waals surface area contributed by atoms with Crippen molar-refractivity contribution >= 4 is 50.7 Å². The first-order valence-electron chi connectivity index (χ1n) is 13.6. The molecule has 1 atom stereocenters. The number of nitrogens with one attached hydrogen (secondary N) is 1. The highest BCUT2D eigenvalue weighted by atomic mass is 35.5. The summed E-state index contributed by atoms with van der Waals surface area (Å²) in [5.41, 5.74) is 2.37. The van der Waals surface area contributed by atoms with E-state index in [0.717, 1.165) is 41.8 Å². The molecule has 0 saturated heterocycles. The van der Waals surface area contributed by atoms with E-state index in [9.17, 15) is 18.0 Å². The van der Waals surface area contributed by atoms with Gasteiger partial charge in [-0.05, 0) is 54.7 Å². The van der Waals surface area contributed by atoms with Gasteiger partial charge in [-0.1, -0.05) is 90.6 Å². The van der Waals surface area contributed by atoms with Gasteiger partial charge < -0.3 is 10.2 Å². The third-order valence-corrected chi connectivity index (χ3v) is 9.36. The maximum atomic E-state index is 14.2. The molecule has 218 valence electrons. The molecule has 1 fully saturated rings. The van der Waals surface area contributed by atoms with E-state index in [1.54, 1.807) is 43.3 Å². The molecule has 1 saturated carbocycles. The van der Waals surface area contributed by atoms with Gasteiger partial charge in [0.25, 0.3) is 0 Å². The number of halogens is 2. The molecular weight excluding hydrogens is 581 g/mol. The standard InChI is InChI=1S/C31H35Cl2N3O4S/c1-22-26(32)17-10-18-28(22)36(41(2,39)40)21-30(37)35(20-24-13-6-9-16-27(24)33)29(19-23-11-4-3-5-12-23)31(38)34-25-14-7-8-15-25/h3-6,9-13,16-18,25,29H,7-8,14-15,19-21H2,1-2H3,(H,34,38). The number of hydrogen-bond donors (Lipinski definition) is 1. The lowest BCUT2D eigenvalue weighted by Gasteiger charge is -2.34. The number of carbonyl (C=O) groups excluding carboxylic acids is 2. The van der Waals surface area contributed by atoms with Crippen LogP contribution >= 0.6 is 23.2 Å². The fourth-order valence-electron chi connectivity index (χ4n) is 5.19. The van der Waals surface area contributed by atoms with Crippen LogP contribution in [0.1, 0.15) is 42.4 Å². The van der Waals surface area contributed by atoms with Crippen molar-refractivity contribution in [3.05, 3.63) is 99.5 Å². The zero-order valence-corrected chi connectivity index (χ0v) is 25.6. The molecule has 0 bridgehead atoms. The van der Waals surface area contributed by atoms with Gasteiger partial charge in [0, 0.05) is 29.1 Å². The quantitative estimate of drug-likeness (QED) is 0.297. The summed E-state index contributed by atoms with van der Waals surface area (Å²) in [5, 5.41) is 3.99. The Hall–Kier alpha value is -3.07. The average Bonchev–Trinajstić information content (AvgIpc) is 3.45. The maximum Gasteiger partial charge on any atom is 0.244 e. The molecule has 0 heterocycles. The van der Waals surface area contributed by atoms with E-state index in [1.807, 2.05) is 36.4 Å². The summed E-state index contributed by atoms with van der Waals surface area (Å²) in [6, 6.07) is 20.7. The summed E-state index contributed by atoms with van der Waals surface area (Å²) in [6.45, 7) is 1.22. The predicted octanol–water partition coefficient (Wildman–Crippen LogP) is 5.77. The van der Waals surface area contributed by atoms with Crippen LogP contribution in [0.25, 0.3) is 0 Å². The van der Waals surface area contributed by atoms with Gasteiger partial charge in [0.1, 0.15) is 12.6 Å². The molecule has 2 amide bonds. The van der Waals surface area contributed by atoms with Crippen LogP contribution in [0, 0.1) is 6.92 Å². The van der Waals surface area contributed by atoms with Crippen molar-refractivity contribution in [2.75, 3.05) is 17.1 Å². The molecule has 1 N–H and O–H groups in total. The number of amides is 2. The van der Waals surface area contributed by atoms with Gasteiger partial charge in [-0.2, -0.15) is 0 Å². The average molecular weight is 617 g/mol. The number of carbonyl (C=O) groups is 2. The lowest BCUT2D eigenvalue weighted by Crippen LogP contribution is -2.54. The van der Waals surface area contributed by atoms with Crippen LogP contribution in [0.5, 0.6) is 0 Å². The molecule has 41 heavy (non-hydrogen) atoms. The SMILES string of the molecule is Cc1c(Cl)cccc1N(CC(=O)N(Cc1ccccc1Cl)C(Cc1ccccc1)C(=O)NC1CCCC1)S(C)(=O)=O. The number of benzene rings is 3. The van der Waals surface area contributed by atoms with Crippen molar-refractivity contribution in [3.63, 3.8) is 0 Å². The van der Waals surface area contributed by atoms with Crippen LogP contribution < -0.4 is 9.62 Å². The van der Waals surface area contributed by atoms with Crippen molar-refractivity contribution < 1.29 is 18.0 Å². The zero-order chi connectivity index (χ0) is 29.6. The summed E-state index contributed by atoms with van der Waals surface area (Å²) < 4.78 is 27.1. The van der Waals surface area contributed by atoms with E-state index in [0.29, 0.717) is 26.9 Å². The van der Waals surface area contributed by atoms with Crippen LogP contribution in [-0.2, 0) is 32.6 Å². The van der Waals surface area contributed by atoms with E-state index in [1.165, 1.54) is 4.90 Å². The smallest absolute Gasteiger partial charge is 0.244 e. The molecule has 0 aliphatic heterocycles. The Kier molecular flexibility index (Phi) is 10.3. The van der Waals surface area contributed by atoms with Crippen LogP contribution in [-0.4, -0.2) is 50.0 Å². The van der Waals surface area contributed by atoms with E-state index in [2.05, 4.69) is 5.32 Å². The first-order valence-corrected chi connectivity index (χ1v) is 16.2. The molecule has 0 spiro atoms. The second-order valence-corrected chi connectivity index (χ2v) is 13.2. The van der Waals surface area contributed by atoms with Crippen molar-refractivity contribution in [1.29, 1.82) is 0 Å². The molecule has 1 aliphatic carbocycles. The second kappa shape index (κ2) is 13.7. The Balaban J connectivity index is 1.75. The van der Waals surface area contributed by atoms with Crippen LogP contribution in [0.2, 0.25) is 10.0 Å². The molecule has 7 nitrogen and oxygen atoms in total. The molecule has 10 heteroatoms. The van der Waals surface area contributed by atoms with Crippen molar-refractivity contribution in [3.8, 4) is 0 Å². The number of anilines is 1. The number of sulfonamides is 1. The van der Waals surface area contributed by atoms with E-state index in [4.69, 9.17) is 23.2 Å². The fourth-order valence-corrected chi connectivity index (χ4v) is 6.46. The topological polar surface area (TPSA) is 86.8 Å². The number of nitrogens with zero attached hydrogens (tertiary/aromatic N) is 2. The van der Waals surface area contributed by atoms with Gasteiger partial charge in [-0.25, -0.2) is 8.42 Å². The van der Waals surface area contributed by atoms with Crippen molar-refractivity contribution in [2.45, 2.75) is 57.7 Å². The summed E-state index contributed by atoms with van der Waals surface area (Å²) in [6.07, 6.45) is 5.16. The van der Waals surface area contributed by atoms with Gasteiger partial charge in [-0.3, -0.25) is 13.9 Å². The minimum absolute atomic E-state index is 0.0280. The summed E-state index contributed by atoms with van der Waals surface area (Å²) in [4.78, 5) is 29.6. The Bertz CT molecular complexity index is 1480. The number of hydrogen-bond acceptors (Lipinski definition) is 4. The van der Waals surface area contributed by atoms with Gasteiger partial charge >= 0.3 is 0 Å². The Morgan fingerprint density at radius 3 is 2.22 bits per heavy atom. The lowest BCUT2D eigenvalue weighted by atomic mass is 10.0. The summed E-state index contributed by atoms with van der Waals surface area (Å²) in [7, 11) is -3.89.